The number of nitrogens with one attached hydrogen (secondary N) is 1. The van der Waals surface area contributed by atoms with Gasteiger partial charge in [0.2, 0.25) is 0 Å². The number of carbonyl (C=O) groups is 1. The Bertz CT molecular complexity index is 565. The van der Waals surface area contributed by atoms with Crippen LogP contribution >= 0.6 is 0 Å². The Labute approximate surface area is 110 Å². The quantitative estimate of drug-likeness (QED) is 0.874. The maximum Gasteiger partial charge on any atom is 0.287 e. The van der Waals surface area contributed by atoms with E-state index >= 15 is 0 Å². The summed E-state index contributed by atoms with van der Waals surface area (Å²) in [5.41, 5.74) is -0.280. The highest BCUT2D eigenvalue weighted by Gasteiger charge is 2.32. The summed E-state index contributed by atoms with van der Waals surface area (Å²) >= 11 is 0. The normalized spacial score (nSPS) is 22.8. The van der Waals surface area contributed by atoms with Crippen molar-refractivity contribution in [3.8, 4) is 0 Å². The predicted octanol–water partition coefficient (Wildman–Crippen LogP) is 1.31. The van der Waals surface area contributed by atoms with Gasteiger partial charge in [-0.05, 0) is 12.1 Å². The number of hydrogen-bond donors (Lipinski definition) is 2. The molecule has 0 spiro atoms. The third kappa shape index (κ3) is 2.47. The van der Waals surface area contributed by atoms with Crippen LogP contribution in [0.15, 0.2) is 34.7 Å². The number of benzene rings is 1. The molecule has 1 atom stereocenters. The molecule has 3 rings (SSSR count). The largest absolute Gasteiger partial charge is 0.451 e. The first-order chi connectivity index (χ1) is 9.16. The molecule has 2 heterocycles. The van der Waals surface area contributed by atoms with E-state index in [1.807, 2.05) is 24.3 Å². The van der Waals surface area contributed by atoms with E-state index < -0.39 is 5.60 Å². The molecular weight excluding hydrogens is 246 g/mol. The zero-order chi connectivity index (χ0) is 13.3. The van der Waals surface area contributed by atoms with Gasteiger partial charge in [0.25, 0.3) is 5.91 Å². The van der Waals surface area contributed by atoms with Gasteiger partial charge in [-0.25, -0.2) is 0 Å². The van der Waals surface area contributed by atoms with Crippen molar-refractivity contribution in [3.63, 3.8) is 0 Å². The van der Waals surface area contributed by atoms with Gasteiger partial charge in [-0.3, -0.25) is 4.79 Å². The highest BCUT2D eigenvalue weighted by Crippen LogP contribution is 2.20. The van der Waals surface area contributed by atoms with Crippen LogP contribution in [0.4, 0.5) is 0 Å². The first-order valence-electron chi connectivity index (χ1n) is 6.23. The van der Waals surface area contributed by atoms with Gasteiger partial charge in [-0.15, -0.1) is 0 Å². The summed E-state index contributed by atoms with van der Waals surface area (Å²) in [6, 6.07) is 9.13. The van der Waals surface area contributed by atoms with Crippen molar-refractivity contribution in [1.29, 1.82) is 0 Å². The maximum atomic E-state index is 12.0. The molecule has 19 heavy (non-hydrogen) atoms. The van der Waals surface area contributed by atoms with Gasteiger partial charge in [-0.1, -0.05) is 18.2 Å². The Morgan fingerprint density at radius 2 is 2.26 bits per heavy atom. The van der Waals surface area contributed by atoms with Crippen LogP contribution in [-0.2, 0) is 4.74 Å². The monoisotopic (exact) mass is 261 g/mol. The van der Waals surface area contributed by atoms with Crippen molar-refractivity contribution < 1.29 is 19.1 Å². The average Bonchev–Trinajstić information content (AvgIpc) is 3.02. The second kappa shape index (κ2) is 4.68. The molecule has 1 saturated heterocycles. The van der Waals surface area contributed by atoms with E-state index in [2.05, 4.69) is 5.32 Å². The molecule has 0 saturated carbocycles. The lowest BCUT2D eigenvalue weighted by molar-refractivity contribution is 0.0261. The Balaban J connectivity index is 1.69. The van der Waals surface area contributed by atoms with Crippen molar-refractivity contribution in [1.82, 2.24) is 5.32 Å². The van der Waals surface area contributed by atoms with E-state index in [0.717, 1.165) is 5.39 Å². The second-order valence-electron chi connectivity index (χ2n) is 4.86. The number of aliphatic hydroxyl groups is 1. The van der Waals surface area contributed by atoms with Gasteiger partial charge in [0.15, 0.2) is 5.76 Å². The van der Waals surface area contributed by atoms with Gasteiger partial charge < -0.3 is 19.6 Å². The fraction of sp³-hybridized carbons (Fsp3) is 0.357. The third-order valence-corrected chi connectivity index (χ3v) is 3.31. The SMILES string of the molecule is O=C(NC[C@]1(O)CCOC1)c1cc2ccccc2o1. The number of fused-ring (bicyclic) bond motifs is 1. The van der Waals surface area contributed by atoms with Crippen LogP contribution in [0.3, 0.4) is 0 Å². The number of amides is 1. The van der Waals surface area contributed by atoms with Crippen LogP contribution in [0.25, 0.3) is 11.0 Å². The van der Waals surface area contributed by atoms with Gasteiger partial charge in [-0.2, -0.15) is 0 Å². The van der Waals surface area contributed by atoms with Crippen molar-refractivity contribution in [2.45, 2.75) is 12.0 Å². The van der Waals surface area contributed by atoms with E-state index in [4.69, 9.17) is 9.15 Å². The highest BCUT2D eigenvalue weighted by atomic mass is 16.5. The fourth-order valence-electron chi connectivity index (χ4n) is 2.16. The van der Waals surface area contributed by atoms with Crippen LogP contribution in [-0.4, -0.2) is 36.4 Å². The summed E-state index contributed by atoms with van der Waals surface area (Å²) < 4.78 is 10.6. The second-order valence-corrected chi connectivity index (χ2v) is 4.86. The summed E-state index contributed by atoms with van der Waals surface area (Å²) in [6.45, 7) is 0.952. The molecule has 1 aromatic heterocycles. The highest BCUT2D eigenvalue weighted by molar-refractivity contribution is 5.96. The number of rotatable bonds is 3. The predicted molar refractivity (Wildman–Crippen MR) is 68.9 cm³/mol. The minimum atomic E-state index is -0.957. The zero-order valence-electron chi connectivity index (χ0n) is 10.4. The van der Waals surface area contributed by atoms with E-state index in [9.17, 15) is 9.90 Å². The molecule has 0 radical (unpaired) electrons. The van der Waals surface area contributed by atoms with Gasteiger partial charge >= 0.3 is 0 Å². The molecule has 2 N–H and O–H groups in total. The van der Waals surface area contributed by atoms with Crippen LogP contribution in [0.5, 0.6) is 0 Å². The number of hydrogen-bond acceptors (Lipinski definition) is 4. The molecule has 1 aliphatic rings. The van der Waals surface area contributed by atoms with Gasteiger partial charge in [0.05, 0.1) is 6.61 Å². The van der Waals surface area contributed by atoms with E-state index in [0.29, 0.717) is 18.6 Å². The van der Waals surface area contributed by atoms with Gasteiger partial charge in [0, 0.05) is 25.0 Å². The van der Waals surface area contributed by atoms with E-state index in [1.165, 1.54) is 0 Å². The summed E-state index contributed by atoms with van der Waals surface area (Å²) in [4.78, 5) is 12.0. The summed E-state index contributed by atoms with van der Waals surface area (Å²) in [7, 11) is 0. The standard InChI is InChI=1S/C14H15NO4/c16-13(15-8-14(17)5-6-18-9-14)12-7-10-3-1-2-4-11(10)19-12/h1-4,7,17H,5-6,8-9H2,(H,15,16)/t14-/m1/s1. The number of carbonyl (C=O) groups excluding carboxylic acids is 1. The first-order valence-corrected chi connectivity index (χ1v) is 6.23. The number of para-hydroxylation sites is 1. The van der Waals surface area contributed by atoms with Crippen LogP contribution in [0.2, 0.25) is 0 Å². The van der Waals surface area contributed by atoms with Crippen molar-refractivity contribution >= 4 is 16.9 Å². The Hall–Kier alpha value is -1.85. The van der Waals surface area contributed by atoms with Crippen molar-refractivity contribution in [3.05, 3.63) is 36.1 Å². The fourth-order valence-corrected chi connectivity index (χ4v) is 2.16. The topological polar surface area (TPSA) is 71.7 Å². The molecular formula is C14H15NO4. The van der Waals surface area contributed by atoms with Crippen LogP contribution < -0.4 is 5.32 Å². The average molecular weight is 261 g/mol. The molecule has 0 bridgehead atoms. The number of furan rings is 1. The summed E-state index contributed by atoms with van der Waals surface area (Å²) in [5.74, 6) is -0.0692. The minimum absolute atomic E-state index is 0.170. The smallest absolute Gasteiger partial charge is 0.287 e. The summed E-state index contributed by atoms with van der Waals surface area (Å²) in [5, 5.41) is 13.6. The zero-order valence-corrected chi connectivity index (χ0v) is 10.4. The number of ether oxygens (including phenoxy) is 1. The van der Waals surface area contributed by atoms with Crippen LogP contribution in [0.1, 0.15) is 17.0 Å². The Morgan fingerprint density at radius 1 is 1.42 bits per heavy atom. The lowest BCUT2D eigenvalue weighted by atomic mass is 10.0. The van der Waals surface area contributed by atoms with Crippen molar-refractivity contribution in [2.75, 3.05) is 19.8 Å². The lowest BCUT2D eigenvalue weighted by Crippen LogP contribution is -2.43. The minimum Gasteiger partial charge on any atom is -0.451 e. The van der Waals surface area contributed by atoms with Gasteiger partial charge in [0.1, 0.15) is 11.2 Å². The lowest BCUT2D eigenvalue weighted by Gasteiger charge is -2.20. The molecule has 0 unspecified atom stereocenters. The van der Waals surface area contributed by atoms with Crippen molar-refractivity contribution in [2.24, 2.45) is 0 Å². The molecule has 1 aliphatic heterocycles. The molecule has 0 aliphatic carbocycles. The first kappa shape index (κ1) is 12.2. The molecule has 1 fully saturated rings. The maximum absolute atomic E-state index is 12.0. The molecule has 2 aromatic rings. The van der Waals surface area contributed by atoms with E-state index in [-0.39, 0.29) is 24.8 Å². The molecule has 100 valence electrons. The Kier molecular flexibility index (Phi) is 3.00. The van der Waals surface area contributed by atoms with E-state index in [1.54, 1.807) is 6.07 Å². The summed E-state index contributed by atoms with van der Waals surface area (Å²) in [6.07, 6.45) is 0.535. The molecule has 1 aromatic carbocycles. The third-order valence-electron chi connectivity index (χ3n) is 3.31. The Morgan fingerprint density at radius 3 is 3.00 bits per heavy atom. The molecule has 5 nitrogen and oxygen atoms in total. The molecule has 5 heteroatoms. The van der Waals surface area contributed by atoms with Crippen LogP contribution in [0, 0.1) is 0 Å². The molecule has 1 amide bonds.